The van der Waals surface area contributed by atoms with E-state index in [1.807, 2.05) is 12.2 Å². The van der Waals surface area contributed by atoms with Crippen molar-refractivity contribution < 1.29 is 15.3 Å². The normalized spacial score (nSPS) is 15.2. The lowest BCUT2D eigenvalue weighted by molar-refractivity contribution is -0.297. The zero-order chi connectivity index (χ0) is 10.3. The zero-order valence-corrected chi connectivity index (χ0v) is 8.66. The molecule has 13 heavy (non-hydrogen) atoms. The molecule has 0 aliphatic rings. The Morgan fingerprint density at radius 2 is 2.08 bits per heavy atom. The second-order valence-electron chi connectivity index (χ2n) is 3.95. The Bertz CT molecular complexity index is 152. The topological polar surface area (TPSA) is 49.7 Å². The third-order valence-electron chi connectivity index (χ3n) is 1.91. The SMILES string of the molecule is CC(C/C=C/C(C)(C)OO)CCO. The van der Waals surface area contributed by atoms with Gasteiger partial charge in [-0.2, -0.15) is 0 Å². The number of rotatable bonds is 6. The van der Waals surface area contributed by atoms with E-state index in [1.165, 1.54) is 0 Å². The summed E-state index contributed by atoms with van der Waals surface area (Å²) < 4.78 is 0. The molecule has 0 saturated carbocycles. The average molecular weight is 188 g/mol. The Hall–Kier alpha value is -0.380. The molecule has 2 N–H and O–H groups in total. The number of aliphatic hydroxyl groups is 1. The molecule has 0 spiro atoms. The molecular weight excluding hydrogens is 168 g/mol. The Kier molecular flexibility index (Phi) is 5.95. The number of hydrogen-bond donors (Lipinski definition) is 2. The van der Waals surface area contributed by atoms with Crippen LogP contribution in [0.1, 0.15) is 33.6 Å². The first-order valence-electron chi connectivity index (χ1n) is 4.63. The molecule has 0 fully saturated rings. The summed E-state index contributed by atoms with van der Waals surface area (Å²) >= 11 is 0. The van der Waals surface area contributed by atoms with E-state index >= 15 is 0 Å². The number of allylic oxidation sites excluding steroid dienone is 1. The maximum Gasteiger partial charge on any atom is 0.116 e. The maximum absolute atomic E-state index is 8.65. The minimum absolute atomic E-state index is 0.231. The van der Waals surface area contributed by atoms with Crippen molar-refractivity contribution in [2.24, 2.45) is 5.92 Å². The standard InChI is InChI=1S/C10H20O3/c1-9(6-8-11)5-4-7-10(2,3)13-12/h4,7,9,11-12H,5-6,8H2,1-3H3/b7-4+. The number of aliphatic hydroxyl groups excluding tert-OH is 1. The summed E-state index contributed by atoms with van der Waals surface area (Å²) in [4.78, 5) is 4.24. The van der Waals surface area contributed by atoms with Gasteiger partial charge in [-0.05, 0) is 32.6 Å². The molecule has 0 bridgehead atoms. The van der Waals surface area contributed by atoms with Crippen molar-refractivity contribution in [2.75, 3.05) is 6.61 Å². The summed E-state index contributed by atoms with van der Waals surface area (Å²) in [5, 5.41) is 17.1. The highest BCUT2D eigenvalue weighted by Crippen LogP contribution is 2.12. The van der Waals surface area contributed by atoms with Crippen LogP contribution in [-0.4, -0.2) is 22.6 Å². The first-order valence-corrected chi connectivity index (χ1v) is 4.63. The van der Waals surface area contributed by atoms with Gasteiger partial charge in [-0.25, -0.2) is 4.89 Å². The Labute approximate surface area is 80.0 Å². The van der Waals surface area contributed by atoms with Crippen LogP contribution in [0.3, 0.4) is 0 Å². The minimum Gasteiger partial charge on any atom is -0.396 e. The van der Waals surface area contributed by atoms with Gasteiger partial charge >= 0.3 is 0 Å². The maximum atomic E-state index is 8.65. The Morgan fingerprint density at radius 1 is 1.46 bits per heavy atom. The van der Waals surface area contributed by atoms with Crippen LogP contribution in [0.4, 0.5) is 0 Å². The van der Waals surface area contributed by atoms with Gasteiger partial charge in [-0.3, -0.25) is 5.26 Å². The first kappa shape index (κ1) is 12.6. The van der Waals surface area contributed by atoms with Crippen molar-refractivity contribution >= 4 is 0 Å². The Balaban J connectivity index is 3.73. The molecule has 1 atom stereocenters. The van der Waals surface area contributed by atoms with Crippen LogP contribution in [-0.2, 0) is 4.89 Å². The summed E-state index contributed by atoms with van der Waals surface area (Å²) in [7, 11) is 0. The molecule has 0 aromatic heterocycles. The highest BCUT2D eigenvalue weighted by molar-refractivity contribution is 4.96. The van der Waals surface area contributed by atoms with Gasteiger partial charge in [-0.15, -0.1) is 0 Å². The fourth-order valence-corrected chi connectivity index (χ4v) is 0.953. The molecule has 0 heterocycles. The van der Waals surface area contributed by atoms with Crippen molar-refractivity contribution in [3.63, 3.8) is 0 Å². The van der Waals surface area contributed by atoms with E-state index in [9.17, 15) is 0 Å². The fraction of sp³-hybridized carbons (Fsp3) is 0.800. The van der Waals surface area contributed by atoms with E-state index in [0.29, 0.717) is 5.92 Å². The highest BCUT2D eigenvalue weighted by Gasteiger charge is 2.12. The average Bonchev–Trinajstić information content (AvgIpc) is 2.05. The van der Waals surface area contributed by atoms with Gasteiger partial charge in [0.25, 0.3) is 0 Å². The predicted octanol–water partition coefficient (Wildman–Crippen LogP) is 2.22. The smallest absolute Gasteiger partial charge is 0.116 e. The molecule has 0 aromatic carbocycles. The summed E-state index contributed by atoms with van der Waals surface area (Å²) in [5.74, 6) is 0.468. The number of hydrogen-bond acceptors (Lipinski definition) is 3. The fourth-order valence-electron chi connectivity index (χ4n) is 0.953. The molecule has 0 aliphatic heterocycles. The second-order valence-corrected chi connectivity index (χ2v) is 3.95. The molecule has 0 aromatic rings. The molecule has 0 saturated heterocycles. The third kappa shape index (κ3) is 6.75. The van der Waals surface area contributed by atoms with E-state index in [1.54, 1.807) is 13.8 Å². The lowest BCUT2D eigenvalue weighted by atomic mass is 10.0. The molecule has 0 aliphatic carbocycles. The predicted molar refractivity (Wildman–Crippen MR) is 52.4 cm³/mol. The van der Waals surface area contributed by atoms with Crippen LogP contribution in [0.2, 0.25) is 0 Å². The molecule has 78 valence electrons. The lowest BCUT2D eigenvalue weighted by Gasteiger charge is -2.15. The highest BCUT2D eigenvalue weighted by atomic mass is 17.1. The van der Waals surface area contributed by atoms with Crippen molar-refractivity contribution in [1.82, 2.24) is 0 Å². The van der Waals surface area contributed by atoms with Crippen LogP contribution in [0, 0.1) is 5.92 Å². The molecule has 0 amide bonds. The summed E-state index contributed by atoms with van der Waals surface area (Å²) in [6, 6.07) is 0. The van der Waals surface area contributed by atoms with Crippen LogP contribution in [0.25, 0.3) is 0 Å². The van der Waals surface area contributed by atoms with Gasteiger partial charge in [0.15, 0.2) is 0 Å². The summed E-state index contributed by atoms with van der Waals surface area (Å²) in [5.41, 5.74) is -0.612. The molecule has 0 rings (SSSR count). The van der Waals surface area contributed by atoms with Crippen molar-refractivity contribution in [2.45, 2.75) is 39.2 Å². The third-order valence-corrected chi connectivity index (χ3v) is 1.91. The largest absolute Gasteiger partial charge is 0.396 e. The summed E-state index contributed by atoms with van der Waals surface area (Å²) in [6.45, 7) is 5.86. The van der Waals surface area contributed by atoms with E-state index in [0.717, 1.165) is 12.8 Å². The zero-order valence-electron chi connectivity index (χ0n) is 8.66. The molecule has 1 unspecified atom stereocenters. The Morgan fingerprint density at radius 3 is 2.54 bits per heavy atom. The van der Waals surface area contributed by atoms with Gasteiger partial charge < -0.3 is 5.11 Å². The lowest BCUT2D eigenvalue weighted by Crippen LogP contribution is -2.18. The van der Waals surface area contributed by atoms with Gasteiger partial charge in [0.2, 0.25) is 0 Å². The summed E-state index contributed by atoms with van der Waals surface area (Å²) in [6.07, 6.45) is 5.50. The molecule has 3 nitrogen and oxygen atoms in total. The van der Waals surface area contributed by atoms with E-state index in [4.69, 9.17) is 10.4 Å². The van der Waals surface area contributed by atoms with Crippen molar-refractivity contribution in [1.29, 1.82) is 0 Å². The van der Waals surface area contributed by atoms with E-state index in [2.05, 4.69) is 11.8 Å². The molecular formula is C10H20O3. The van der Waals surface area contributed by atoms with E-state index < -0.39 is 5.60 Å². The monoisotopic (exact) mass is 188 g/mol. The van der Waals surface area contributed by atoms with Gasteiger partial charge in [0.05, 0.1) is 0 Å². The first-order chi connectivity index (χ1) is 6.02. The van der Waals surface area contributed by atoms with E-state index in [-0.39, 0.29) is 6.61 Å². The molecule has 3 heteroatoms. The minimum atomic E-state index is -0.612. The van der Waals surface area contributed by atoms with Crippen LogP contribution >= 0.6 is 0 Å². The van der Waals surface area contributed by atoms with Crippen LogP contribution in [0.5, 0.6) is 0 Å². The van der Waals surface area contributed by atoms with Crippen molar-refractivity contribution in [3.05, 3.63) is 12.2 Å². The second kappa shape index (κ2) is 6.13. The van der Waals surface area contributed by atoms with Crippen molar-refractivity contribution in [3.8, 4) is 0 Å². The van der Waals surface area contributed by atoms with Gasteiger partial charge in [0, 0.05) is 6.61 Å². The quantitative estimate of drug-likeness (QED) is 0.382. The molecule has 0 radical (unpaired) electrons. The van der Waals surface area contributed by atoms with Crippen LogP contribution in [0.15, 0.2) is 12.2 Å². The van der Waals surface area contributed by atoms with Gasteiger partial charge in [0.1, 0.15) is 5.60 Å². The van der Waals surface area contributed by atoms with Crippen LogP contribution < -0.4 is 0 Å². The van der Waals surface area contributed by atoms with Gasteiger partial charge in [-0.1, -0.05) is 19.1 Å².